The summed E-state index contributed by atoms with van der Waals surface area (Å²) in [5, 5.41) is 3.04. The fraction of sp³-hybridized carbons (Fsp3) is 0.160. The number of methoxy groups -OCH3 is 1. The molecule has 0 fully saturated rings. The molecule has 2 heterocycles. The smallest absolute Gasteiger partial charge is 0.274 e. The molecule has 3 N–H and O–H groups in total. The Hall–Kier alpha value is -4.25. The second kappa shape index (κ2) is 10.4. The summed E-state index contributed by atoms with van der Waals surface area (Å²) in [4.78, 5) is 29.4. The van der Waals surface area contributed by atoms with Crippen LogP contribution in [0.1, 0.15) is 23.7 Å². The Kier molecular flexibility index (Phi) is 7.25. The molecule has 0 radical (unpaired) electrons. The fourth-order valence-corrected chi connectivity index (χ4v) is 4.11. The van der Waals surface area contributed by atoms with E-state index in [0.717, 1.165) is 10.3 Å². The van der Waals surface area contributed by atoms with Crippen LogP contribution in [0.15, 0.2) is 59.9 Å². The lowest BCUT2D eigenvalue weighted by Gasteiger charge is -2.21. The lowest BCUT2D eigenvalue weighted by Crippen LogP contribution is -2.30. The number of imidazole rings is 1. The van der Waals surface area contributed by atoms with Crippen molar-refractivity contribution in [3.8, 4) is 11.4 Å². The molecule has 0 spiro atoms. The highest BCUT2D eigenvalue weighted by Gasteiger charge is 2.23. The third-order valence-electron chi connectivity index (χ3n) is 5.58. The van der Waals surface area contributed by atoms with Crippen molar-refractivity contribution in [2.75, 3.05) is 12.4 Å². The van der Waals surface area contributed by atoms with E-state index < -0.39 is 41.4 Å². The third-order valence-corrected chi connectivity index (χ3v) is 5.79. The minimum Gasteiger partial charge on any atom is -0.494 e. The van der Waals surface area contributed by atoms with E-state index in [-0.39, 0.29) is 16.3 Å². The minimum atomic E-state index is -1.68. The molecule has 4 rings (SSSR count). The molecular formula is C25H21ClF3N5O3. The number of rotatable bonds is 8. The Morgan fingerprint density at radius 1 is 1.16 bits per heavy atom. The van der Waals surface area contributed by atoms with Gasteiger partial charge in [0.25, 0.3) is 5.56 Å². The van der Waals surface area contributed by atoms with Crippen LogP contribution in [-0.4, -0.2) is 27.1 Å². The molecule has 2 aromatic carbocycles. The maximum Gasteiger partial charge on any atom is 0.274 e. The van der Waals surface area contributed by atoms with Gasteiger partial charge in [0.15, 0.2) is 17.5 Å². The Bertz CT molecular complexity index is 1530. The number of pyridine rings is 1. The topological polar surface area (TPSA) is 104 Å². The number of anilines is 2. The molecule has 2 aromatic heterocycles. The lowest BCUT2D eigenvalue weighted by molar-refractivity contribution is -0.118. The molecule has 12 heteroatoms. The molecule has 0 saturated carbocycles. The second-order valence-electron chi connectivity index (χ2n) is 8.20. The highest BCUT2D eigenvalue weighted by molar-refractivity contribution is 6.30. The van der Waals surface area contributed by atoms with Crippen LogP contribution < -0.4 is 21.3 Å². The average Bonchev–Trinajstić information content (AvgIpc) is 3.28. The number of amides is 1. The first-order chi connectivity index (χ1) is 17.6. The normalized spacial score (nSPS) is 11.8. The van der Waals surface area contributed by atoms with Crippen molar-refractivity contribution in [2.45, 2.75) is 19.4 Å². The molecule has 0 saturated heterocycles. The van der Waals surface area contributed by atoms with E-state index in [9.17, 15) is 22.8 Å². The largest absolute Gasteiger partial charge is 0.494 e. The summed E-state index contributed by atoms with van der Waals surface area (Å²) in [5.41, 5.74) is 6.48. The Morgan fingerprint density at radius 2 is 1.86 bits per heavy atom. The van der Waals surface area contributed by atoms with Crippen molar-refractivity contribution in [3.63, 3.8) is 0 Å². The predicted octanol–water partition coefficient (Wildman–Crippen LogP) is 4.63. The second-order valence-corrected chi connectivity index (χ2v) is 8.64. The van der Waals surface area contributed by atoms with Gasteiger partial charge in [-0.2, -0.15) is 0 Å². The van der Waals surface area contributed by atoms with Crippen LogP contribution >= 0.6 is 11.6 Å². The third kappa shape index (κ3) is 5.46. The predicted molar refractivity (Wildman–Crippen MR) is 132 cm³/mol. The van der Waals surface area contributed by atoms with Gasteiger partial charge >= 0.3 is 0 Å². The van der Waals surface area contributed by atoms with Crippen molar-refractivity contribution >= 4 is 28.9 Å². The molecule has 4 aromatic rings. The highest BCUT2D eigenvalue weighted by Crippen LogP contribution is 2.30. The highest BCUT2D eigenvalue weighted by atomic mass is 35.5. The van der Waals surface area contributed by atoms with Crippen LogP contribution in [0.2, 0.25) is 5.02 Å². The lowest BCUT2D eigenvalue weighted by atomic mass is 10.0. The summed E-state index contributed by atoms with van der Waals surface area (Å²) in [7, 11) is 1.49. The standard InChI is InChI=1S/C25H21ClF3N5O3/c1-13-10-33(12-31-13)20-4-3-16(8-22(20)37-2)32-19-7-15(26)11-34(25(19)36)21(9-23(30)35)14-5-17(27)24(29)18(28)6-14/h3-8,10-12,21,32H,9H2,1-2H3,(H2,30,35). The molecule has 37 heavy (non-hydrogen) atoms. The maximum atomic E-state index is 14.0. The van der Waals surface area contributed by atoms with Gasteiger partial charge in [-0.1, -0.05) is 11.6 Å². The van der Waals surface area contributed by atoms with Crippen LogP contribution in [0.3, 0.4) is 0 Å². The number of aryl methyl sites for hydroxylation is 1. The molecule has 0 aliphatic carbocycles. The van der Waals surface area contributed by atoms with Gasteiger partial charge in [0.2, 0.25) is 5.91 Å². The molecule has 1 atom stereocenters. The van der Waals surface area contributed by atoms with Crippen LogP contribution in [-0.2, 0) is 4.79 Å². The molecule has 0 bridgehead atoms. The van der Waals surface area contributed by atoms with Crippen molar-refractivity contribution in [1.29, 1.82) is 0 Å². The number of hydrogen-bond acceptors (Lipinski definition) is 5. The SMILES string of the molecule is COc1cc(Nc2cc(Cl)cn(C(CC(N)=O)c3cc(F)c(F)c(F)c3)c2=O)ccc1-n1cnc(C)c1. The van der Waals surface area contributed by atoms with Gasteiger partial charge in [-0.15, -0.1) is 0 Å². The number of ether oxygens (including phenoxy) is 1. The van der Waals surface area contributed by atoms with Crippen LogP contribution in [0.5, 0.6) is 5.75 Å². The number of nitrogens with two attached hydrogens (primary N) is 1. The van der Waals surface area contributed by atoms with E-state index in [1.165, 1.54) is 19.4 Å². The van der Waals surface area contributed by atoms with Gasteiger partial charge in [0, 0.05) is 24.1 Å². The Morgan fingerprint density at radius 3 is 2.46 bits per heavy atom. The van der Waals surface area contributed by atoms with Gasteiger partial charge < -0.3 is 24.9 Å². The summed E-state index contributed by atoms with van der Waals surface area (Å²) >= 11 is 6.25. The Balaban J connectivity index is 1.76. The van der Waals surface area contributed by atoms with Gasteiger partial charge in [0.1, 0.15) is 11.4 Å². The number of primary amides is 1. The van der Waals surface area contributed by atoms with Crippen LogP contribution in [0, 0.1) is 24.4 Å². The van der Waals surface area contributed by atoms with E-state index in [1.54, 1.807) is 29.1 Å². The van der Waals surface area contributed by atoms with Crippen molar-refractivity contribution in [1.82, 2.24) is 14.1 Å². The quantitative estimate of drug-likeness (QED) is 0.323. The number of nitrogens with one attached hydrogen (secondary N) is 1. The number of nitrogens with zero attached hydrogens (tertiary/aromatic N) is 3. The van der Waals surface area contributed by atoms with Crippen molar-refractivity contribution < 1.29 is 22.7 Å². The van der Waals surface area contributed by atoms with E-state index in [0.29, 0.717) is 29.3 Å². The van der Waals surface area contributed by atoms with E-state index in [4.69, 9.17) is 22.1 Å². The van der Waals surface area contributed by atoms with E-state index in [1.807, 2.05) is 13.1 Å². The minimum absolute atomic E-state index is 0.00157. The summed E-state index contributed by atoms with van der Waals surface area (Å²) in [6.45, 7) is 1.85. The summed E-state index contributed by atoms with van der Waals surface area (Å²) in [6, 6.07) is 6.61. The first-order valence-corrected chi connectivity index (χ1v) is 11.3. The number of hydrogen-bond donors (Lipinski definition) is 2. The Labute approximate surface area is 214 Å². The summed E-state index contributed by atoms with van der Waals surface area (Å²) < 4.78 is 49.7. The summed E-state index contributed by atoms with van der Waals surface area (Å²) in [5.74, 6) is -5.00. The van der Waals surface area contributed by atoms with Gasteiger partial charge in [-0.25, -0.2) is 18.2 Å². The first-order valence-electron chi connectivity index (χ1n) is 10.9. The average molecular weight is 532 g/mol. The number of carbonyl (C=O) groups excluding carboxylic acids is 1. The molecular weight excluding hydrogens is 511 g/mol. The maximum absolute atomic E-state index is 14.0. The number of aromatic nitrogens is 3. The van der Waals surface area contributed by atoms with Gasteiger partial charge in [0.05, 0.1) is 42.3 Å². The van der Waals surface area contributed by atoms with Crippen molar-refractivity contribution in [3.05, 3.63) is 99.2 Å². The summed E-state index contributed by atoms with van der Waals surface area (Å²) in [6.07, 6.45) is 4.15. The van der Waals surface area contributed by atoms with Gasteiger partial charge in [-0.05, 0) is 42.8 Å². The number of halogens is 4. The fourth-order valence-electron chi connectivity index (χ4n) is 3.90. The molecule has 1 amide bonds. The molecule has 0 aliphatic rings. The number of carbonyl (C=O) groups is 1. The van der Waals surface area contributed by atoms with Crippen molar-refractivity contribution in [2.24, 2.45) is 5.73 Å². The number of benzene rings is 2. The monoisotopic (exact) mass is 531 g/mol. The zero-order valence-corrected chi connectivity index (χ0v) is 20.4. The zero-order chi connectivity index (χ0) is 26.9. The molecule has 8 nitrogen and oxygen atoms in total. The molecule has 192 valence electrons. The zero-order valence-electron chi connectivity index (χ0n) is 19.6. The molecule has 1 unspecified atom stereocenters. The van der Waals surface area contributed by atoms with Crippen LogP contribution in [0.4, 0.5) is 24.5 Å². The van der Waals surface area contributed by atoms with Crippen LogP contribution in [0.25, 0.3) is 5.69 Å². The van der Waals surface area contributed by atoms with E-state index in [2.05, 4.69) is 10.3 Å². The van der Waals surface area contributed by atoms with Gasteiger partial charge in [-0.3, -0.25) is 9.59 Å². The van der Waals surface area contributed by atoms with E-state index >= 15 is 0 Å². The first kappa shape index (κ1) is 25.8. The molecule has 0 aliphatic heterocycles.